The van der Waals surface area contributed by atoms with Crippen LogP contribution in [0.1, 0.15) is 17.0 Å². The quantitative estimate of drug-likeness (QED) is 0.702. The molecule has 0 bridgehead atoms. The molecule has 0 unspecified atom stereocenters. The van der Waals surface area contributed by atoms with Crippen molar-refractivity contribution in [2.24, 2.45) is 0 Å². The molecule has 2 heterocycles. The van der Waals surface area contributed by atoms with Gasteiger partial charge in [-0.1, -0.05) is 41.7 Å². The molecule has 1 aliphatic rings. The van der Waals surface area contributed by atoms with E-state index in [9.17, 15) is 14.4 Å². The zero-order valence-electron chi connectivity index (χ0n) is 14.0. The van der Waals surface area contributed by atoms with Crippen LogP contribution in [0.3, 0.4) is 0 Å². The van der Waals surface area contributed by atoms with Crippen LogP contribution in [-0.2, 0) is 27.5 Å². The van der Waals surface area contributed by atoms with Crippen molar-refractivity contribution in [3.63, 3.8) is 0 Å². The summed E-state index contributed by atoms with van der Waals surface area (Å²) < 4.78 is 4.94. The lowest BCUT2D eigenvalue weighted by molar-refractivity contribution is -0.130. The first kappa shape index (κ1) is 18.0. The molecular weight excluding hydrogens is 358 g/mol. The van der Waals surface area contributed by atoms with Gasteiger partial charge in [0.2, 0.25) is 11.0 Å². The fraction of sp³-hybridized carbons (Fsp3) is 0.312. The van der Waals surface area contributed by atoms with Crippen molar-refractivity contribution < 1.29 is 19.1 Å². The Kier molecular flexibility index (Phi) is 5.54. The van der Waals surface area contributed by atoms with Crippen molar-refractivity contribution in [2.45, 2.75) is 25.6 Å². The first-order chi connectivity index (χ1) is 12.6. The number of hydrogen-bond acceptors (Lipinski definition) is 7. The maximum absolute atomic E-state index is 12.4. The third-order valence-corrected chi connectivity index (χ3v) is 4.47. The SMILES string of the molecule is COCc1nnc(NC(=O)C[C@H]2NC(=O)N(Cc3ccccc3)C2=O)s1. The number of nitrogens with one attached hydrogen (secondary N) is 2. The summed E-state index contributed by atoms with van der Waals surface area (Å²) >= 11 is 1.19. The summed E-state index contributed by atoms with van der Waals surface area (Å²) in [6.07, 6.45) is -0.172. The predicted octanol–water partition coefficient (Wildman–Crippen LogP) is 1.13. The highest BCUT2D eigenvalue weighted by Gasteiger charge is 2.39. The normalized spacial score (nSPS) is 16.7. The van der Waals surface area contributed by atoms with Crippen LogP contribution in [0.4, 0.5) is 9.93 Å². The van der Waals surface area contributed by atoms with Crippen LogP contribution < -0.4 is 10.6 Å². The Hall–Kier alpha value is -2.85. The molecule has 2 N–H and O–H groups in total. The summed E-state index contributed by atoms with van der Waals surface area (Å²) in [5.74, 6) is -0.850. The van der Waals surface area contributed by atoms with Crippen molar-refractivity contribution in [3.05, 3.63) is 40.9 Å². The van der Waals surface area contributed by atoms with Gasteiger partial charge in [0.1, 0.15) is 17.7 Å². The van der Waals surface area contributed by atoms with E-state index in [2.05, 4.69) is 20.8 Å². The van der Waals surface area contributed by atoms with Gasteiger partial charge in [0, 0.05) is 7.11 Å². The van der Waals surface area contributed by atoms with Crippen molar-refractivity contribution in [2.75, 3.05) is 12.4 Å². The van der Waals surface area contributed by atoms with E-state index in [1.54, 1.807) is 0 Å². The molecule has 1 saturated heterocycles. The number of rotatable bonds is 7. The van der Waals surface area contributed by atoms with Gasteiger partial charge in [-0.15, -0.1) is 10.2 Å². The topological polar surface area (TPSA) is 114 Å². The van der Waals surface area contributed by atoms with Crippen LogP contribution >= 0.6 is 11.3 Å². The van der Waals surface area contributed by atoms with Gasteiger partial charge in [-0.25, -0.2) is 4.79 Å². The predicted molar refractivity (Wildman–Crippen MR) is 93.2 cm³/mol. The van der Waals surface area contributed by atoms with Gasteiger partial charge in [-0.05, 0) is 5.56 Å². The molecular formula is C16H17N5O4S. The van der Waals surface area contributed by atoms with Crippen LogP contribution in [0.5, 0.6) is 0 Å². The van der Waals surface area contributed by atoms with Crippen LogP contribution in [0.2, 0.25) is 0 Å². The first-order valence-electron chi connectivity index (χ1n) is 7.84. The molecule has 0 radical (unpaired) electrons. The van der Waals surface area contributed by atoms with Gasteiger partial charge < -0.3 is 15.4 Å². The van der Waals surface area contributed by atoms with E-state index in [0.29, 0.717) is 16.7 Å². The molecule has 0 spiro atoms. The second-order valence-electron chi connectivity index (χ2n) is 5.60. The summed E-state index contributed by atoms with van der Waals surface area (Å²) in [7, 11) is 1.54. The van der Waals surface area contributed by atoms with Crippen molar-refractivity contribution >= 4 is 34.3 Å². The van der Waals surface area contributed by atoms with Crippen LogP contribution in [-0.4, -0.2) is 46.1 Å². The van der Waals surface area contributed by atoms with Gasteiger partial charge in [-0.3, -0.25) is 14.5 Å². The van der Waals surface area contributed by atoms with Gasteiger partial charge >= 0.3 is 6.03 Å². The maximum Gasteiger partial charge on any atom is 0.325 e. The van der Waals surface area contributed by atoms with Crippen molar-refractivity contribution in [3.8, 4) is 0 Å². The van der Waals surface area contributed by atoms with E-state index in [0.717, 1.165) is 10.5 Å². The molecule has 1 fully saturated rings. The molecule has 1 aromatic carbocycles. The highest BCUT2D eigenvalue weighted by Crippen LogP contribution is 2.18. The van der Waals surface area contributed by atoms with E-state index in [-0.39, 0.29) is 13.0 Å². The van der Waals surface area contributed by atoms with Crippen LogP contribution in [0, 0.1) is 0 Å². The zero-order valence-corrected chi connectivity index (χ0v) is 14.8. The monoisotopic (exact) mass is 375 g/mol. The number of methoxy groups -OCH3 is 1. The minimum absolute atomic E-state index is 0.167. The van der Waals surface area contributed by atoms with E-state index in [1.165, 1.54) is 18.4 Å². The minimum Gasteiger partial charge on any atom is -0.377 e. The van der Waals surface area contributed by atoms with Crippen LogP contribution in [0.25, 0.3) is 0 Å². The summed E-state index contributed by atoms with van der Waals surface area (Å²) in [6.45, 7) is 0.472. The summed E-state index contributed by atoms with van der Waals surface area (Å²) in [5.41, 5.74) is 0.834. The molecule has 4 amide bonds. The molecule has 136 valence electrons. The number of aromatic nitrogens is 2. The number of benzene rings is 1. The van der Waals surface area contributed by atoms with E-state index >= 15 is 0 Å². The lowest BCUT2D eigenvalue weighted by atomic mass is 10.2. The Morgan fingerprint density at radius 1 is 1.31 bits per heavy atom. The molecule has 1 aromatic heterocycles. The molecule has 26 heavy (non-hydrogen) atoms. The number of carbonyl (C=O) groups excluding carboxylic acids is 3. The number of amides is 4. The molecule has 0 saturated carbocycles. The average molecular weight is 375 g/mol. The molecule has 1 atom stereocenters. The average Bonchev–Trinajstić information content (AvgIpc) is 3.16. The fourth-order valence-corrected chi connectivity index (χ4v) is 3.20. The number of imide groups is 1. The summed E-state index contributed by atoms with van der Waals surface area (Å²) in [4.78, 5) is 37.7. The summed E-state index contributed by atoms with van der Waals surface area (Å²) in [6, 6.07) is 7.78. The number of urea groups is 1. The number of hydrogen-bond donors (Lipinski definition) is 2. The second kappa shape index (κ2) is 8.02. The largest absolute Gasteiger partial charge is 0.377 e. The Labute approximate surface area is 153 Å². The third-order valence-electron chi connectivity index (χ3n) is 3.66. The third kappa shape index (κ3) is 4.21. The molecule has 9 nitrogen and oxygen atoms in total. The number of carbonyl (C=O) groups is 3. The molecule has 2 aromatic rings. The summed E-state index contributed by atoms with van der Waals surface area (Å²) in [5, 5.41) is 13.8. The number of ether oxygens (including phenoxy) is 1. The molecule has 3 rings (SSSR count). The molecule has 10 heteroatoms. The Morgan fingerprint density at radius 2 is 2.08 bits per heavy atom. The standard InChI is InChI=1S/C16H17N5O4S/c1-25-9-13-19-20-15(26-13)18-12(22)7-11-14(23)21(16(24)17-11)8-10-5-3-2-4-6-10/h2-6,11H,7-9H2,1H3,(H,17,24)(H,18,20,22)/t11-/m1/s1. The highest BCUT2D eigenvalue weighted by atomic mass is 32.1. The molecule has 0 aliphatic carbocycles. The smallest absolute Gasteiger partial charge is 0.325 e. The fourth-order valence-electron chi connectivity index (χ4n) is 2.47. The second-order valence-corrected chi connectivity index (χ2v) is 6.66. The maximum atomic E-state index is 12.4. The van der Waals surface area contributed by atoms with Gasteiger partial charge in [0.25, 0.3) is 5.91 Å². The number of nitrogens with zero attached hydrogens (tertiary/aromatic N) is 3. The van der Waals surface area contributed by atoms with Crippen molar-refractivity contribution in [1.29, 1.82) is 0 Å². The Morgan fingerprint density at radius 3 is 2.81 bits per heavy atom. The van der Waals surface area contributed by atoms with Gasteiger partial charge in [0.05, 0.1) is 13.0 Å². The van der Waals surface area contributed by atoms with Gasteiger partial charge in [-0.2, -0.15) is 0 Å². The lowest BCUT2D eigenvalue weighted by Crippen LogP contribution is -2.34. The van der Waals surface area contributed by atoms with E-state index < -0.39 is 23.9 Å². The zero-order chi connectivity index (χ0) is 18.5. The molecule has 1 aliphatic heterocycles. The van der Waals surface area contributed by atoms with E-state index in [1.807, 2.05) is 30.3 Å². The number of anilines is 1. The first-order valence-corrected chi connectivity index (χ1v) is 8.65. The Bertz CT molecular complexity index is 810. The Balaban J connectivity index is 1.56. The lowest BCUT2D eigenvalue weighted by Gasteiger charge is -2.12. The minimum atomic E-state index is -0.891. The van der Waals surface area contributed by atoms with E-state index in [4.69, 9.17) is 4.74 Å². The van der Waals surface area contributed by atoms with Crippen LogP contribution in [0.15, 0.2) is 30.3 Å². The van der Waals surface area contributed by atoms with Crippen molar-refractivity contribution in [1.82, 2.24) is 20.4 Å². The van der Waals surface area contributed by atoms with Gasteiger partial charge in [0.15, 0.2) is 0 Å². The highest BCUT2D eigenvalue weighted by molar-refractivity contribution is 7.15.